The molecule has 2 heterocycles. The maximum absolute atomic E-state index is 5.99. The van der Waals surface area contributed by atoms with Crippen LogP contribution < -0.4 is 11.3 Å². The van der Waals surface area contributed by atoms with Crippen LogP contribution in [-0.2, 0) is 6.42 Å². The van der Waals surface area contributed by atoms with E-state index >= 15 is 0 Å². The highest BCUT2D eigenvalue weighted by atomic mass is 35.5. The minimum Gasteiger partial charge on any atom is -0.271 e. The van der Waals surface area contributed by atoms with E-state index in [1.807, 2.05) is 17.8 Å². The zero-order chi connectivity index (χ0) is 13.2. The van der Waals surface area contributed by atoms with Crippen molar-refractivity contribution in [1.29, 1.82) is 0 Å². The summed E-state index contributed by atoms with van der Waals surface area (Å²) in [5, 5.41) is 0. The molecule has 0 amide bonds. The summed E-state index contributed by atoms with van der Waals surface area (Å²) < 4.78 is 0.840. The second kappa shape index (κ2) is 5.85. The van der Waals surface area contributed by atoms with Crippen LogP contribution in [0.3, 0.4) is 0 Å². The Hall–Kier alpha value is -0.520. The van der Waals surface area contributed by atoms with E-state index in [-0.39, 0.29) is 6.04 Å². The van der Waals surface area contributed by atoms with Crippen molar-refractivity contribution in [1.82, 2.24) is 5.43 Å². The Morgan fingerprint density at radius 2 is 2.16 bits per heavy atom. The summed E-state index contributed by atoms with van der Waals surface area (Å²) in [5.74, 6) is 7.33. The lowest BCUT2D eigenvalue weighted by Gasteiger charge is -2.22. The Morgan fingerprint density at radius 1 is 1.32 bits per heavy atom. The van der Waals surface area contributed by atoms with Crippen LogP contribution in [0.5, 0.6) is 0 Å². The van der Waals surface area contributed by atoms with Crippen LogP contribution in [0.25, 0.3) is 0 Å². The number of fused-ring (bicyclic) bond motifs is 1. The number of halogens is 1. The molecule has 19 heavy (non-hydrogen) atoms. The molecular weight excluding hydrogens is 296 g/mol. The van der Waals surface area contributed by atoms with E-state index in [1.165, 1.54) is 15.3 Å². The van der Waals surface area contributed by atoms with Crippen molar-refractivity contribution < 1.29 is 0 Å². The molecule has 3 N–H and O–H groups in total. The highest BCUT2D eigenvalue weighted by Crippen LogP contribution is 2.41. The average Bonchev–Trinajstić information content (AvgIpc) is 3.02. The standard InChI is InChI=1S/C14H15ClN2S2/c15-14-6-5-9(19-14)7-12(17-16)11-8-18-13-4-2-1-3-10(11)13/h1-6,11-12,17H,7-8,16H2. The molecule has 2 nitrogen and oxygen atoms in total. The predicted molar refractivity (Wildman–Crippen MR) is 84.1 cm³/mol. The van der Waals surface area contributed by atoms with Crippen LogP contribution >= 0.6 is 34.7 Å². The fraction of sp³-hybridized carbons (Fsp3) is 0.286. The van der Waals surface area contributed by atoms with Crippen molar-refractivity contribution in [3.63, 3.8) is 0 Å². The van der Waals surface area contributed by atoms with Gasteiger partial charge < -0.3 is 0 Å². The molecule has 100 valence electrons. The SMILES string of the molecule is NNC(Cc1ccc(Cl)s1)C1CSc2ccccc21. The first kappa shape index (κ1) is 13.5. The number of hydrogen-bond donors (Lipinski definition) is 2. The normalized spacial score (nSPS) is 19.4. The number of benzene rings is 1. The molecule has 3 rings (SSSR count). The Bertz CT molecular complexity index is 570. The lowest BCUT2D eigenvalue weighted by molar-refractivity contribution is 0.465. The van der Waals surface area contributed by atoms with Crippen LogP contribution in [-0.4, -0.2) is 11.8 Å². The van der Waals surface area contributed by atoms with E-state index in [4.69, 9.17) is 17.4 Å². The molecule has 0 aliphatic carbocycles. The fourth-order valence-corrected chi connectivity index (χ4v) is 4.99. The molecule has 2 atom stereocenters. The van der Waals surface area contributed by atoms with E-state index in [0.29, 0.717) is 5.92 Å². The van der Waals surface area contributed by atoms with Crippen molar-refractivity contribution in [2.24, 2.45) is 5.84 Å². The summed E-state index contributed by atoms with van der Waals surface area (Å²) in [6.45, 7) is 0. The van der Waals surface area contributed by atoms with Crippen molar-refractivity contribution in [3.8, 4) is 0 Å². The molecule has 0 radical (unpaired) electrons. The smallest absolute Gasteiger partial charge is 0.0931 e. The van der Waals surface area contributed by atoms with Crippen LogP contribution in [0.2, 0.25) is 4.34 Å². The molecule has 1 aliphatic rings. The minimum atomic E-state index is 0.255. The number of rotatable bonds is 4. The second-order valence-electron chi connectivity index (χ2n) is 4.64. The molecule has 2 unspecified atom stereocenters. The van der Waals surface area contributed by atoms with Gasteiger partial charge in [0, 0.05) is 27.5 Å². The first-order chi connectivity index (χ1) is 9.28. The molecule has 0 bridgehead atoms. The van der Waals surface area contributed by atoms with Gasteiger partial charge in [-0.3, -0.25) is 11.3 Å². The van der Waals surface area contributed by atoms with Gasteiger partial charge in [-0.15, -0.1) is 23.1 Å². The van der Waals surface area contributed by atoms with E-state index in [1.54, 1.807) is 11.3 Å². The summed E-state index contributed by atoms with van der Waals surface area (Å²) >= 11 is 9.54. The Morgan fingerprint density at radius 3 is 2.89 bits per heavy atom. The molecule has 1 aliphatic heterocycles. The van der Waals surface area contributed by atoms with Gasteiger partial charge in [0.05, 0.1) is 4.34 Å². The minimum absolute atomic E-state index is 0.255. The van der Waals surface area contributed by atoms with E-state index in [9.17, 15) is 0 Å². The maximum atomic E-state index is 5.99. The Labute approximate surface area is 126 Å². The molecule has 1 aromatic carbocycles. The van der Waals surface area contributed by atoms with Crippen LogP contribution in [0.4, 0.5) is 0 Å². The van der Waals surface area contributed by atoms with E-state index in [0.717, 1.165) is 16.5 Å². The number of thiophene rings is 1. The number of thioether (sulfide) groups is 1. The van der Waals surface area contributed by atoms with E-state index in [2.05, 4.69) is 35.8 Å². The highest BCUT2D eigenvalue weighted by Gasteiger charge is 2.29. The first-order valence-corrected chi connectivity index (χ1v) is 8.38. The van der Waals surface area contributed by atoms with Gasteiger partial charge in [-0.1, -0.05) is 29.8 Å². The van der Waals surface area contributed by atoms with E-state index < -0.39 is 0 Å². The summed E-state index contributed by atoms with van der Waals surface area (Å²) in [4.78, 5) is 2.67. The van der Waals surface area contributed by atoms with Gasteiger partial charge in [0.25, 0.3) is 0 Å². The zero-order valence-electron chi connectivity index (χ0n) is 10.3. The number of nitrogens with two attached hydrogens (primary N) is 1. The highest BCUT2D eigenvalue weighted by molar-refractivity contribution is 7.99. The summed E-state index contributed by atoms with van der Waals surface area (Å²) in [5.41, 5.74) is 4.41. The second-order valence-corrected chi connectivity index (χ2v) is 7.50. The summed E-state index contributed by atoms with van der Waals surface area (Å²) in [7, 11) is 0. The van der Waals surface area contributed by atoms with Gasteiger partial charge in [0.1, 0.15) is 0 Å². The third-order valence-corrected chi connectivity index (χ3v) is 5.95. The number of nitrogens with one attached hydrogen (secondary N) is 1. The largest absolute Gasteiger partial charge is 0.271 e. The molecule has 2 aromatic rings. The molecule has 0 saturated carbocycles. The topological polar surface area (TPSA) is 38.0 Å². The maximum Gasteiger partial charge on any atom is 0.0931 e. The number of hydrazine groups is 1. The summed E-state index contributed by atoms with van der Waals surface area (Å²) in [6, 6.07) is 12.9. The van der Waals surface area contributed by atoms with Crippen LogP contribution in [0, 0.1) is 0 Å². The lowest BCUT2D eigenvalue weighted by Crippen LogP contribution is -2.41. The molecule has 5 heteroatoms. The predicted octanol–water partition coefficient (Wildman–Crippen LogP) is 3.67. The Kier molecular flexibility index (Phi) is 4.15. The van der Waals surface area contributed by atoms with Crippen molar-refractivity contribution in [2.75, 3.05) is 5.75 Å². The van der Waals surface area contributed by atoms with Gasteiger partial charge in [0.15, 0.2) is 0 Å². The summed E-state index contributed by atoms with van der Waals surface area (Å²) in [6.07, 6.45) is 0.924. The fourth-order valence-electron chi connectivity index (χ4n) is 2.52. The van der Waals surface area contributed by atoms with Gasteiger partial charge in [-0.2, -0.15) is 0 Å². The Balaban J connectivity index is 1.80. The van der Waals surface area contributed by atoms with Crippen LogP contribution in [0.15, 0.2) is 41.3 Å². The van der Waals surface area contributed by atoms with Crippen molar-refractivity contribution in [3.05, 3.63) is 51.2 Å². The molecule has 0 spiro atoms. The molecule has 0 saturated heterocycles. The monoisotopic (exact) mass is 310 g/mol. The first-order valence-electron chi connectivity index (χ1n) is 6.20. The lowest BCUT2D eigenvalue weighted by atomic mass is 9.91. The van der Waals surface area contributed by atoms with Crippen molar-refractivity contribution >= 4 is 34.7 Å². The molecule has 0 fully saturated rings. The van der Waals surface area contributed by atoms with Crippen LogP contribution in [0.1, 0.15) is 16.4 Å². The quantitative estimate of drug-likeness (QED) is 0.668. The zero-order valence-corrected chi connectivity index (χ0v) is 12.7. The van der Waals surface area contributed by atoms with Gasteiger partial charge >= 0.3 is 0 Å². The van der Waals surface area contributed by atoms with Gasteiger partial charge in [0.2, 0.25) is 0 Å². The number of hydrogen-bond acceptors (Lipinski definition) is 4. The average molecular weight is 311 g/mol. The van der Waals surface area contributed by atoms with Gasteiger partial charge in [-0.05, 0) is 30.2 Å². The molecule has 1 aromatic heterocycles. The third kappa shape index (κ3) is 2.83. The third-order valence-electron chi connectivity index (χ3n) is 3.49. The molecular formula is C14H15ClN2S2. The van der Waals surface area contributed by atoms with Gasteiger partial charge in [-0.25, -0.2) is 0 Å². The van der Waals surface area contributed by atoms with Crippen molar-refractivity contribution in [2.45, 2.75) is 23.3 Å².